The number of aryl methyl sites for hydroxylation is 8. The summed E-state index contributed by atoms with van der Waals surface area (Å²) in [5.74, 6) is 2.99. The number of aromatic nitrogens is 2. The van der Waals surface area contributed by atoms with Crippen LogP contribution < -0.4 is 14.2 Å². The first-order valence-corrected chi connectivity index (χ1v) is 48.1. The second kappa shape index (κ2) is 45.2. The summed E-state index contributed by atoms with van der Waals surface area (Å²) in [5, 5.41) is 8.11. The van der Waals surface area contributed by atoms with E-state index >= 15 is 0 Å². The van der Waals surface area contributed by atoms with Crippen LogP contribution in [0.3, 0.4) is 0 Å². The fraction of sp³-hybridized carbons (Fsp3) is 0.448. The van der Waals surface area contributed by atoms with Crippen LogP contribution in [0.1, 0.15) is 321 Å². The van der Waals surface area contributed by atoms with Crippen LogP contribution in [-0.4, -0.2) is 22.3 Å². The highest BCUT2D eigenvalue weighted by molar-refractivity contribution is 6.11. The molecule has 640 valence electrons. The molecule has 0 fully saturated rings. The summed E-state index contributed by atoms with van der Waals surface area (Å²) < 4.78 is 23.5. The van der Waals surface area contributed by atoms with Gasteiger partial charge in [-0.1, -0.05) is 346 Å². The van der Waals surface area contributed by atoms with E-state index in [2.05, 4.69) is 312 Å². The Morgan fingerprint density at radius 1 is 0.264 bits per heavy atom. The molecule has 0 saturated carbocycles. The SMILES string of the molecule is CCCCCCCCC1(CCCCCCCC)Oc2cc(C)ccc2-c2ccc(C)cc21.CCCCCCCCC1(CCCCCCCC)c2cc(C)ccc2-c2c1cc(C)c1ccccc21.CCCCCOc1ccc(-n2c3cc(C)ccc3c3ccc(C)cc32)cc1.CCCCCOc1ccc(-n2c3ccc(C)cc3c3cc(C)ccc32)cc1. The Morgan fingerprint density at radius 3 is 1.10 bits per heavy atom. The lowest BCUT2D eigenvalue weighted by atomic mass is 9.70. The molecule has 0 radical (unpaired) electrons. The number of unbranched alkanes of at least 4 members (excludes halogenated alkanes) is 24. The third-order valence-corrected chi connectivity index (χ3v) is 26.3. The molecule has 0 bridgehead atoms. The van der Waals surface area contributed by atoms with Gasteiger partial charge in [-0.15, -0.1) is 0 Å². The van der Waals surface area contributed by atoms with Crippen LogP contribution in [0.5, 0.6) is 17.2 Å². The van der Waals surface area contributed by atoms with Gasteiger partial charge in [-0.3, -0.25) is 0 Å². The molecule has 0 unspecified atom stereocenters. The van der Waals surface area contributed by atoms with E-state index in [0.717, 1.165) is 56.1 Å². The molecular weight excluding hydrogens is 1470 g/mol. The minimum absolute atomic E-state index is 0.169. The lowest BCUT2D eigenvalue weighted by Gasteiger charge is -2.41. The zero-order valence-corrected chi connectivity index (χ0v) is 77.2. The van der Waals surface area contributed by atoms with Gasteiger partial charge in [0.1, 0.15) is 22.8 Å². The summed E-state index contributed by atoms with van der Waals surface area (Å²) in [7, 11) is 0. The number of nitrogens with zero attached hydrogens (tertiary/aromatic N) is 2. The van der Waals surface area contributed by atoms with Gasteiger partial charge >= 0.3 is 0 Å². The molecule has 11 aromatic carbocycles. The highest BCUT2D eigenvalue weighted by Gasteiger charge is 2.44. The van der Waals surface area contributed by atoms with Crippen LogP contribution in [0.15, 0.2) is 206 Å². The molecule has 5 nitrogen and oxygen atoms in total. The maximum Gasteiger partial charge on any atom is 0.135 e. The van der Waals surface area contributed by atoms with Crippen molar-refractivity contribution in [3.63, 3.8) is 0 Å². The van der Waals surface area contributed by atoms with Crippen molar-refractivity contribution < 1.29 is 14.2 Å². The molecule has 2 aromatic heterocycles. The van der Waals surface area contributed by atoms with E-state index in [1.807, 2.05) is 0 Å². The van der Waals surface area contributed by atoms with Crippen molar-refractivity contribution in [2.75, 3.05) is 13.2 Å². The molecule has 0 saturated heterocycles. The first-order valence-electron chi connectivity index (χ1n) is 48.1. The van der Waals surface area contributed by atoms with Gasteiger partial charge < -0.3 is 23.3 Å². The van der Waals surface area contributed by atoms with E-state index in [9.17, 15) is 0 Å². The van der Waals surface area contributed by atoms with Gasteiger partial charge in [0.25, 0.3) is 0 Å². The minimum Gasteiger partial charge on any atom is -0.494 e. The van der Waals surface area contributed by atoms with Crippen LogP contribution in [0.4, 0.5) is 0 Å². The predicted octanol–water partition coefficient (Wildman–Crippen LogP) is 35.2. The van der Waals surface area contributed by atoms with Gasteiger partial charge in [-0.25, -0.2) is 0 Å². The number of ether oxygens (including phenoxy) is 3. The smallest absolute Gasteiger partial charge is 0.135 e. The predicted molar refractivity (Wildman–Crippen MR) is 526 cm³/mol. The molecule has 1 aliphatic heterocycles. The van der Waals surface area contributed by atoms with Crippen molar-refractivity contribution >= 4 is 54.4 Å². The molecule has 13 aromatic rings. The lowest BCUT2D eigenvalue weighted by Crippen LogP contribution is -2.36. The van der Waals surface area contributed by atoms with Gasteiger partial charge in [0.15, 0.2) is 0 Å². The number of hydrogen-bond acceptors (Lipinski definition) is 3. The molecule has 5 heteroatoms. The molecule has 0 atom stereocenters. The maximum absolute atomic E-state index is 7.04. The molecule has 15 rings (SSSR count). The number of rotatable bonds is 40. The monoisotopic (exact) mass is 1620 g/mol. The Hall–Kier alpha value is -9.32. The third-order valence-electron chi connectivity index (χ3n) is 26.3. The molecule has 3 heterocycles. The number of hydrogen-bond donors (Lipinski definition) is 0. The standard InChI is InChI=1S/C35H48.C31H46O.2C25H27NO/c1-5-7-9-11-13-17-23-35(24-18-14-12-10-8-6-2)32-25-27(3)21-22-31(32)34-30-20-16-15-19-29(30)28(4)26-33(34)35;1-5-7-9-11-13-15-21-31(22-16-14-12-10-8-6-2)29-23-25(3)17-19-27(29)28-20-18-26(4)24-30(28)32-31;1-4-5-6-15-27-21-11-9-20(10-12-21)26-24-13-7-18(2)16-22(24)23-17-19(3)8-14-25(23)26;1-4-5-6-15-27-21-11-9-20(10-12-21)26-24-16-18(2)7-13-22(24)23-14-8-19(3)17-25(23)26/h15-16,19-22,25-26H,5-14,17-18,23-24H2,1-4H3;17-20,23-24H,5-16,21-22H2,1-4H3;2*7-14,16-17H,4-6,15H2,1-3H3. The van der Waals surface area contributed by atoms with Gasteiger partial charge in [0.2, 0.25) is 0 Å². The average molecular weight is 1620 g/mol. The third kappa shape index (κ3) is 22.8. The van der Waals surface area contributed by atoms with E-state index in [1.165, 1.54) is 331 Å². The minimum atomic E-state index is -0.169. The van der Waals surface area contributed by atoms with Crippen LogP contribution in [0.25, 0.3) is 88.0 Å². The van der Waals surface area contributed by atoms with Crippen molar-refractivity contribution in [2.45, 2.75) is 326 Å². The first kappa shape index (κ1) is 90.9. The number of fused-ring (bicyclic) bond motifs is 14. The van der Waals surface area contributed by atoms with Crippen LogP contribution >= 0.6 is 0 Å². The second-order valence-electron chi connectivity index (χ2n) is 36.4. The Kier molecular flexibility index (Phi) is 33.9. The van der Waals surface area contributed by atoms with E-state index in [4.69, 9.17) is 14.2 Å². The van der Waals surface area contributed by atoms with Crippen LogP contribution in [0, 0.1) is 55.4 Å². The first-order chi connectivity index (χ1) is 59.0. The Balaban J connectivity index is 0.000000148. The van der Waals surface area contributed by atoms with E-state index < -0.39 is 0 Å². The van der Waals surface area contributed by atoms with Gasteiger partial charge in [0, 0.05) is 49.5 Å². The maximum atomic E-state index is 7.04. The Morgan fingerprint density at radius 2 is 0.628 bits per heavy atom. The van der Waals surface area contributed by atoms with E-state index in [-0.39, 0.29) is 11.0 Å². The second-order valence-corrected chi connectivity index (χ2v) is 36.4. The van der Waals surface area contributed by atoms with Crippen LogP contribution in [0.2, 0.25) is 0 Å². The summed E-state index contributed by atoms with van der Waals surface area (Å²) in [6.07, 6.45) is 44.4. The van der Waals surface area contributed by atoms with Gasteiger partial charge in [-0.2, -0.15) is 0 Å². The van der Waals surface area contributed by atoms with Crippen molar-refractivity contribution in [3.8, 4) is 50.9 Å². The molecule has 2 aliphatic rings. The zero-order chi connectivity index (χ0) is 85.1. The topological polar surface area (TPSA) is 37.6 Å². The molecule has 0 amide bonds. The fourth-order valence-corrected chi connectivity index (χ4v) is 19.6. The quantitative estimate of drug-likeness (QED) is 0.0359. The summed E-state index contributed by atoms with van der Waals surface area (Å²) in [4.78, 5) is 0. The highest BCUT2D eigenvalue weighted by atomic mass is 16.5. The summed E-state index contributed by atoms with van der Waals surface area (Å²) >= 11 is 0. The van der Waals surface area contributed by atoms with E-state index in [1.54, 1.807) is 11.1 Å². The molecule has 121 heavy (non-hydrogen) atoms. The molecule has 1 aliphatic carbocycles. The summed E-state index contributed by atoms with van der Waals surface area (Å²) in [6.45, 7) is 32.9. The van der Waals surface area contributed by atoms with Crippen molar-refractivity contribution in [2.24, 2.45) is 0 Å². The zero-order valence-electron chi connectivity index (χ0n) is 77.2. The molecular formula is C116H148N2O3. The van der Waals surface area contributed by atoms with E-state index in [0.29, 0.717) is 0 Å². The summed E-state index contributed by atoms with van der Waals surface area (Å²) in [5.41, 5.74) is 28.4. The van der Waals surface area contributed by atoms with Gasteiger partial charge in [0.05, 0.1) is 35.3 Å². The van der Waals surface area contributed by atoms with Crippen molar-refractivity contribution in [3.05, 3.63) is 267 Å². The fourth-order valence-electron chi connectivity index (χ4n) is 19.6. The Labute approximate surface area is 730 Å². The normalized spacial score (nSPS) is 12.8. The van der Waals surface area contributed by atoms with Gasteiger partial charge in [-0.05, 0) is 259 Å². The average Bonchev–Trinajstić information content (AvgIpc) is 1.56. The number of benzene rings is 11. The summed E-state index contributed by atoms with van der Waals surface area (Å²) in [6, 6.07) is 76.7. The highest BCUT2D eigenvalue weighted by Crippen LogP contribution is 2.57. The van der Waals surface area contributed by atoms with Crippen LogP contribution in [-0.2, 0) is 11.0 Å². The lowest BCUT2D eigenvalue weighted by molar-refractivity contribution is 0.0384. The van der Waals surface area contributed by atoms with Crippen molar-refractivity contribution in [1.29, 1.82) is 0 Å². The van der Waals surface area contributed by atoms with Crippen molar-refractivity contribution in [1.82, 2.24) is 9.13 Å². The largest absolute Gasteiger partial charge is 0.494 e. The molecule has 0 spiro atoms. The Bertz CT molecular complexity index is 5280. The molecule has 0 N–H and O–H groups in total.